The number of hydrogen-bond donors (Lipinski definition) is 1. The number of nitrogens with zero attached hydrogens (tertiary/aromatic N) is 1. The molecule has 3 amide bonds. The van der Waals surface area contributed by atoms with Crippen LogP contribution in [0.2, 0.25) is 0 Å². The number of imide groups is 1. The van der Waals surface area contributed by atoms with Crippen LogP contribution in [-0.2, 0) is 4.74 Å². The number of nitrogens with one attached hydrogen (secondary N) is 1. The Hall–Kier alpha value is -3.06. The van der Waals surface area contributed by atoms with Crippen LogP contribution in [0.25, 0.3) is 0 Å². The van der Waals surface area contributed by atoms with Crippen molar-refractivity contribution in [3.63, 3.8) is 0 Å². The molecule has 1 aliphatic heterocycles. The summed E-state index contributed by atoms with van der Waals surface area (Å²) in [6.07, 6.45) is 0.545. The third kappa shape index (κ3) is 4.41. The zero-order valence-electron chi connectivity index (χ0n) is 17.3. The average molecular weight is 412 g/mol. The van der Waals surface area contributed by atoms with E-state index in [0.717, 1.165) is 5.56 Å². The number of benzene rings is 2. The number of fused-ring (bicyclic) bond motifs is 1. The molecule has 2 aromatic rings. The third-order valence-corrected chi connectivity index (χ3v) is 5.15. The molecule has 0 fully saturated rings. The summed E-state index contributed by atoms with van der Waals surface area (Å²) in [4.78, 5) is 39.2. The normalized spacial score (nSPS) is 14.2. The Morgan fingerprint density at radius 3 is 2.37 bits per heavy atom. The Morgan fingerprint density at radius 1 is 1.07 bits per heavy atom. The molecule has 158 valence electrons. The predicted octanol–water partition coefficient (Wildman–Crippen LogP) is 3.59. The van der Waals surface area contributed by atoms with Gasteiger partial charge < -0.3 is 10.1 Å². The van der Waals surface area contributed by atoms with Gasteiger partial charge in [0.25, 0.3) is 17.7 Å². The number of methoxy groups -OCH3 is 1. The predicted molar refractivity (Wildman–Crippen MR) is 110 cm³/mol. The second-order valence-electron chi connectivity index (χ2n) is 7.62. The van der Waals surface area contributed by atoms with Crippen LogP contribution in [0.3, 0.4) is 0 Å². The molecular formula is C23H25FN2O4. The van der Waals surface area contributed by atoms with Crippen LogP contribution in [0.1, 0.15) is 62.9 Å². The van der Waals surface area contributed by atoms with Crippen molar-refractivity contribution in [3.8, 4) is 0 Å². The Morgan fingerprint density at radius 2 is 1.73 bits per heavy atom. The molecule has 1 heterocycles. The van der Waals surface area contributed by atoms with Gasteiger partial charge in [-0.2, -0.15) is 0 Å². The summed E-state index contributed by atoms with van der Waals surface area (Å²) in [5, 5.41) is 2.95. The Kier molecular flexibility index (Phi) is 6.62. The van der Waals surface area contributed by atoms with Crippen molar-refractivity contribution in [3.05, 3.63) is 70.5 Å². The van der Waals surface area contributed by atoms with Crippen molar-refractivity contribution in [2.75, 3.05) is 20.3 Å². The van der Waals surface area contributed by atoms with Crippen molar-refractivity contribution in [1.29, 1.82) is 0 Å². The van der Waals surface area contributed by atoms with Gasteiger partial charge in [-0.3, -0.25) is 19.3 Å². The lowest BCUT2D eigenvalue weighted by atomic mass is 9.95. The maximum absolute atomic E-state index is 13.2. The van der Waals surface area contributed by atoms with Gasteiger partial charge >= 0.3 is 0 Å². The highest BCUT2D eigenvalue weighted by Crippen LogP contribution is 2.26. The average Bonchev–Trinajstić information content (AvgIpc) is 2.97. The van der Waals surface area contributed by atoms with Crippen molar-refractivity contribution in [2.24, 2.45) is 5.92 Å². The van der Waals surface area contributed by atoms with Gasteiger partial charge in [0, 0.05) is 25.8 Å². The summed E-state index contributed by atoms with van der Waals surface area (Å²) < 4.78 is 18.2. The molecular weight excluding hydrogens is 387 g/mol. The van der Waals surface area contributed by atoms with Gasteiger partial charge in [0.1, 0.15) is 5.82 Å². The van der Waals surface area contributed by atoms with E-state index in [-0.39, 0.29) is 41.7 Å². The molecule has 1 unspecified atom stereocenters. The maximum Gasteiger partial charge on any atom is 0.261 e. The molecule has 0 aromatic heterocycles. The fourth-order valence-corrected chi connectivity index (χ4v) is 3.53. The molecule has 0 saturated heterocycles. The summed E-state index contributed by atoms with van der Waals surface area (Å²) in [5.74, 6) is -1.40. The number of hydrogen-bond acceptors (Lipinski definition) is 4. The summed E-state index contributed by atoms with van der Waals surface area (Å²) in [6.45, 7) is 4.62. The van der Waals surface area contributed by atoms with Crippen LogP contribution in [-0.4, -0.2) is 42.9 Å². The molecule has 30 heavy (non-hydrogen) atoms. The second-order valence-corrected chi connectivity index (χ2v) is 7.62. The summed E-state index contributed by atoms with van der Waals surface area (Å²) in [5.41, 5.74) is 1.61. The first kappa shape index (κ1) is 21.6. The van der Waals surface area contributed by atoms with Crippen molar-refractivity contribution >= 4 is 17.7 Å². The van der Waals surface area contributed by atoms with Crippen molar-refractivity contribution in [2.45, 2.75) is 26.3 Å². The van der Waals surface area contributed by atoms with Crippen molar-refractivity contribution < 1.29 is 23.5 Å². The van der Waals surface area contributed by atoms with E-state index in [1.807, 2.05) is 13.8 Å². The summed E-state index contributed by atoms with van der Waals surface area (Å²) in [6, 6.07) is 10.2. The Balaban J connectivity index is 1.79. The first-order valence-electron chi connectivity index (χ1n) is 9.89. The highest BCUT2D eigenvalue weighted by atomic mass is 19.1. The lowest BCUT2D eigenvalue weighted by Crippen LogP contribution is -2.32. The smallest absolute Gasteiger partial charge is 0.261 e. The number of ether oxygens (including phenoxy) is 1. The summed E-state index contributed by atoms with van der Waals surface area (Å²) in [7, 11) is 1.56. The van der Waals surface area contributed by atoms with Gasteiger partial charge in [0.2, 0.25) is 0 Å². The largest absolute Gasteiger partial charge is 0.385 e. The molecule has 1 atom stereocenters. The van der Waals surface area contributed by atoms with E-state index >= 15 is 0 Å². The number of amides is 3. The Labute approximate surface area is 175 Å². The number of carbonyl (C=O) groups excluding carboxylic acids is 3. The van der Waals surface area contributed by atoms with Gasteiger partial charge in [-0.15, -0.1) is 0 Å². The van der Waals surface area contributed by atoms with Crippen LogP contribution in [0.5, 0.6) is 0 Å². The van der Waals surface area contributed by atoms with Crippen molar-refractivity contribution in [1.82, 2.24) is 10.2 Å². The highest BCUT2D eigenvalue weighted by Gasteiger charge is 2.35. The van der Waals surface area contributed by atoms with Crippen LogP contribution < -0.4 is 5.32 Å². The number of carbonyl (C=O) groups is 3. The van der Waals surface area contributed by atoms with Gasteiger partial charge in [-0.1, -0.05) is 26.0 Å². The highest BCUT2D eigenvalue weighted by molar-refractivity contribution is 6.22. The van der Waals surface area contributed by atoms with Crippen LogP contribution >= 0.6 is 0 Å². The molecule has 0 bridgehead atoms. The number of rotatable bonds is 8. The van der Waals surface area contributed by atoms with Crippen LogP contribution in [0.4, 0.5) is 4.39 Å². The molecule has 2 aromatic carbocycles. The topological polar surface area (TPSA) is 75.7 Å². The van der Waals surface area contributed by atoms with E-state index in [0.29, 0.717) is 24.2 Å². The standard InChI is InChI=1S/C23H25FN2O4/c1-14(2)20(15-5-8-17(24)9-6-15)25-21(27)16-7-10-18-19(13-16)23(29)26(22(18)28)11-4-12-30-3/h5-10,13-14,20H,4,11-12H2,1-3H3,(H,25,27). The lowest BCUT2D eigenvalue weighted by molar-refractivity contribution is 0.0638. The molecule has 6 nitrogen and oxygen atoms in total. The molecule has 0 saturated carbocycles. The van der Waals surface area contributed by atoms with E-state index in [2.05, 4.69) is 5.32 Å². The van der Waals surface area contributed by atoms with E-state index in [9.17, 15) is 18.8 Å². The first-order valence-corrected chi connectivity index (χ1v) is 9.89. The SMILES string of the molecule is COCCCN1C(=O)c2ccc(C(=O)NC(c3ccc(F)cc3)C(C)C)cc2C1=O. The monoisotopic (exact) mass is 412 g/mol. The summed E-state index contributed by atoms with van der Waals surface area (Å²) >= 11 is 0. The van der Waals surface area contributed by atoms with E-state index in [1.54, 1.807) is 25.3 Å². The van der Waals surface area contributed by atoms with Gasteiger partial charge in [-0.25, -0.2) is 4.39 Å². The van der Waals surface area contributed by atoms with E-state index in [4.69, 9.17) is 4.74 Å². The minimum Gasteiger partial charge on any atom is -0.385 e. The molecule has 1 aliphatic rings. The molecule has 1 N–H and O–H groups in total. The maximum atomic E-state index is 13.2. The van der Waals surface area contributed by atoms with Gasteiger partial charge in [-0.05, 0) is 48.2 Å². The minimum absolute atomic E-state index is 0.0633. The minimum atomic E-state index is -0.403. The van der Waals surface area contributed by atoms with E-state index in [1.165, 1.54) is 29.2 Å². The molecule has 3 rings (SSSR count). The fourth-order valence-electron chi connectivity index (χ4n) is 3.53. The molecule has 0 spiro atoms. The molecule has 0 aliphatic carbocycles. The third-order valence-electron chi connectivity index (χ3n) is 5.15. The zero-order chi connectivity index (χ0) is 21.8. The second kappa shape index (κ2) is 9.17. The van der Waals surface area contributed by atoms with Gasteiger partial charge in [0.15, 0.2) is 0 Å². The number of halogens is 1. The quantitative estimate of drug-likeness (QED) is 0.531. The molecule has 7 heteroatoms. The van der Waals surface area contributed by atoms with Crippen LogP contribution in [0, 0.1) is 11.7 Å². The lowest BCUT2D eigenvalue weighted by Gasteiger charge is -2.23. The first-order chi connectivity index (χ1) is 14.3. The van der Waals surface area contributed by atoms with E-state index < -0.39 is 5.91 Å². The van der Waals surface area contributed by atoms with Gasteiger partial charge in [0.05, 0.1) is 17.2 Å². The van der Waals surface area contributed by atoms with Crippen LogP contribution in [0.15, 0.2) is 42.5 Å². The zero-order valence-corrected chi connectivity index (χ0v) is 17.3. The molecule has 0 radical (unpaired) electrons. The Bertz CT molecular complexity index is 956. The fraction of sp³-hybridized carbons (Fsp3) is 0.348.